The van der Waals surface area contributed by atoms with Crippen molar-refractivity contribution < 1.29 is 29.0 Å². The first-order valence-electron chi connectivity index (χ1n) is 8.81. The summed E-state index contributed by atoms with van der Waals surface area (Å²) in [6.07, 6.45) is 5.21. The fraction of sp³-hybridized carbons (Fsp3) is 0.625. The Balaban J connectivity index is 2.20. The van der Waals surface area contributed by atoms with Crippen LogP contribution in [0.3, 0.4) is 0 Å². The molecule has 1 aromatic rings. The van der Waals surface area contributed by atoms with Crippen LogP contribution in [0.2, 0.25) is 0 Å². The van der Waals surface area contributed by atoms with Crippen LogP contribution in [-0.2, 0) is 30.4 Å². The summed E-state index contributed by atoms with van der Waals surface area (Å²) in [4.78, 5) is 56.4. The largest absolute Gasteiger partial charge is 0.467 e. The van der Waals surface area contributed by atoms with Gasteiger partial charge < -0.3 is 25.2 Å². The molecule has 3 N–H and O–H groups in total. The van der Waals surface area contributed by atoms with Crippen LogP contribution in [0, 0.1) is 10.1 Å². The summed E-state index contributed by atoms with van der Waals surface area (Å²) in [6, 6.07) is -0.863. The van der Waals surface area contributed by atoms with Crippen molar-refractivity contribution in [3.8, 4) is 0 Å². The first-order valence-corrected chi connectivity index (χ1v) is 8.81. The molecule has 156 valence electrons. The molecule has 1 aromatic heterocycles. The van der Waals surface area contributed by atoms with Crippen LogP contribution in [-0.4, -0.2) is 59.1 Å². The number of aromatic nitrogens is 2. The number of ether oxygens (including phenoxy) is 1. The summed E-state index contributed by atoms with van der Waals surface area (Å²) in [6.45, 7) is 0.139. The van der Waals surface area contributed by atoms with Gasteiger partial charge in [-0.15, -0.1) is 10.1 Å². The molecule has 0 saturated carbocycles. The van der Waals surface area contributed by atoms with Crippen molar-refractivity contribution >= 4 is 17.8 Å². The zero-order chi connectivity index (χ0) is 20.8. The number of H-pyrrole nitrogens is 1. The van der Waals surface area contributed by atoms with Gasteiger partial charge in [-0.2, -0.15) is 0 Å². The molecular weight excluding hydrogens is 374 g/mol. The highest BCUT2D eigenvalue weighted by Gasteiger charge is 2.22. The van der Waals surface area contributed by atoms with Gasteiger partial charge >= 0.3 is 5.97 Å². The second kappa shape index (κ2) is 13.1. The number of rotatable bonds is 14. The number of imidazole rings is 1. The van der Waals surface area contributed by atoms with Crippen LogP contribution in [0.5, 0.6) is 0 Å². The normalized spacial score (nSPS) is 11.3. The molecule has 1 atom stereocenters. The molecule has 0 saturated heterocycles. The fourth-order valence-electron chi connectivity index (χ4n) is 2.32. The first kappa shape index (κ1) is 22.9. The van der Waals surface area contributed by atoms with Crippen molar-refractivity contribution in [1.29, 1.82) is 0 Å². The number of hydrogen-bond donors (Lipinski definition) is 3. The number of methoxy groups -OCH3 is 1. The number of carbonyl (C=O) groups is 3. The van der Waals surface area contributed by atoms with Gasteiger partial charge in [0.05, 0.1) is 25.7 Å². The number of esters is 1. The summed E-state index contributed by atoms with van der Waals surface area (Å²) < 4.78 is 4.68. The van der Waals surface area contributed by atoms with Gasteiger partial charge in [-0.3, -0.25) is 9.59 Å². The van der Waals surface area contributed by atoms with E-state index in [1.807, 2.05) is 0 Å². The highest BCUT2D eigenvalue weighted by atomic mass is 16.9. The second-order valence-corrected chi connectivity index (χ2v) is 5.88. The Kier molecular flexibility index (Phi) is 10.7. The Morgan fingerprint density at radius 1 is 1.25 bits per heavy atom. The Hall–Kier alpha value is -3.18. The van der Waals surface area contributed by atoms with E-state index in [-0.39, 0.29) is 38.3 Å². The molecule has 0 aliphatic rings. The summed E-state index contributed by atoms with van der Waals surface area (Å²) >= 11 is 0. The third-order valence-corrected chi connectivity index (χ3v) is 3.71. The smallest absolute Gasteiger partial charge is 0.328 e. The molecule has 0 spiro atoms. The molecule has 12 nitrogen and oxygen atoms in total. The highest BCUT2D eigenvalue weighted by molar-refractivity contribution is 5.85. The predicted octanol–water partition coefficient (Wildman–Crippen LogP) is -0.115. The van der Waals surface area contributed by atoms with Crippen molar-refractivity contribution in [1.82, 2.24) is 20.6 Å². The Labute approximate surface area is 161 Å². The van der Waals surface area contributed by atoms with Crippen molar-refractivity contribution in [3.05, 3.63) is 28.3 Å². The first-order chi connectivity index (χ1) is 13.4. The minimum atomic E-state index is -0.863. The Bertz CT molecular complexity index is 635. The van der Waals surface area contributed by atoms with Gasteiger partial charge in [-0.25, -0.2) is 9.78 Å². The van der Waals surface area contributed by atoms with E-state index in [0.717, 1.165) is 0 Å². The van der Waals surface area contributed by atoms with Crippen molar-refractivity contribution in [3.63, 3.8) is 0 Å². The van der Waals surface area contributed by atoms with E-state index in [4.69, 9.17) is 0 Å². The summed E-state index contributed by atoms with van der Waals surface area (Å²) in [5.74, 6) is -1.20. The topological polar surface area (TPSA) is 166 Å². The van der Waals surface area contributed by atoms with Crippen LogP contribution in [0.4, 0.5) is 0 Å². The third-order valence-electron chi connectivity index (χ3n) is 3.71. The van der Waals surface area contributed by atoms with Gasteiger partial charge in [-0.05, 0) is 12.8 Å². The molecule has 12 heteroatoms. The van der Waals surface area contributed by atoms with Crippen molar-refractivity contribution in [2.45, 2.75) is 44.6 Å². The van der Waals surface area contributed by atoms with Crippen LogP contribution >= 0.6 is 0 Å². The number of unbranched alkanes of at least 4 members (excludes halogenated alkanes) is 2. The highest BCUT2D eigenvalue weighted by Crippen LogP contribution is 2.02. The van der Waals surface area contributed by atoms with Gasteiger partial charge in [0.15, 0.2) is 0 Å². The molecule has 0 radical (unpaired) electrons. The monoisotopic (exact) mass is 399 g/mol. The van der Waals surface area contributed by atoms with Crippen LogP contribution in [0.25, 0.3) is 0 Å². The van der Waals surface area contributed by atoms with Gasteiger partial charge in [0.1, 0.15) is 6.04 Å². The lowest BCUT2D eigenvalue weighted by Crippen LogP contribution is -2.44. The molecule has 1 heterocycles. The lowest BCUT2D eigenvalue weighted by molar-refractivity contribution is -0.757. The minimum Gasteiger partial charge on any atom is -0.467 e. The molecule has 0 aliphatic carbocycles. The molecule has 1 rings (SSSR count). The van der Waals surface area contributed by atoms with Crippen molar-refractivity contribution in [2.24, 2.45) is 0 Å². The predicted molar refractivity (Wildman–Crippen MR) is 95.3 cm³/mol. The van der Waals surface area contributed by atoms with Gasteiger partial charge in [-0.1, -0.05) is 6.42 Å². The molecule has 0 aromatic carbocycles. The lowest BCUT2D eigenvalue weighted by Gasteiger charge is -2.15. The Morgan fingerprint density at radius 3 is 2.68 bits per heavy atom. The molecule has 0 fully saturated rings. The van der Waals surface area contributed by atoms with E-state index >= 15 is 0 Å². The molecule has 0 bridgehead atoms. The van der Waals surface area contributed by atoms with Gasteiger partial charge in [0, 0.05) is 32.0 Å². The zero-order valence-corrected chi connectivity index (χ0v) is 15.6. The molecule has 0 unspecified atom stereocenters. The SMILES string of the molecule is COC(=O)[C@H](Cc1c[nH]cn1)NC(=O)CCNC(=O)CCCCCO[N+](=O)[O-]. The average Bonchev–Trinajstić information content (AvgIpc) is 3.16. The van der Waals surface area contributed by atoms with E-state index in [1.165, 1.54) is 13.4 Å². The quantitative estimate of drug-likeness (QED) is 0.169. The lowest BCUT2D eigenvalue weighted by atomic mass is 10.1. The third kappa shape index (κ3) is 10.1. The number of amides is 2. The zero-order valence-electron chi connectivity index (χ0n) is 15.6. The van der Waals surface area contributed by atoms with Gasteiger partial charge in [0.25, 0.3) is 5.09 Å². The fourth-order valence-corrected chi connectivity index (χ4v) is 2.32. The van der Waals surface area contributed by atoms with Crippen LogP contribution < -0.4 is 10.6 Å². The summed E-state index contributed by atoms with van der Waals surface area (Å²) in [5, 5.41) is 14.3. The van der Waals surface area contributed by atoms with E-state index in [2.05, 4.69) is 30.2 Å². The maximum Gasteiger partial charge on any atom is 0.328 e. The molecule has 2 amide bonds. The van der Waals surface area contributed by atoms with E-state index < -0.39 is 23.0 Å². The number of nitrogens with zero attached hydrogens (tertiary/aromatic N) is 2. The number of aromatic amines is 1. The maximum absolute atomic E-state index is 12.0. The van der Waals surface area contributed by atoms with E-state index in [9.17, 15) is 24.5 Å². The number of hydrogen-bond acceptors (Lipinski definition) is 8. The average molecular weight is 399 g/mol. The van der Waals surface area contributed by atoms with Crippen molar-refractivity contribution in [2.75, 3.05) is 20.3 Å². The molecule has 28 heavy (non-hydrogen) atoms. The molecule has 0 aliphatic heterocycles. The van der Waals surface area contributed by atoms with Crippen LogP contribution in [0.1, 0.15) is 37.8 Å². The summed E-state index contributed by atoms with van der Waals surface area (Å²) in [7, 11) is 1.23. The minimum absolute atomic E-state index is 0.00836. The number of nitrogens with one attached hydrogen (secondary N) is 3. The maximum atomic E-state index is 12.0. The van der Waals surface area contributed by atoms with Gasteiger partial charge in [0.2, 0.25) is 11.8 Å². The van der Waals surface area contributed by atoms with E-state index in [0.29, 0.717) is 25.0 Å². The standard InChI is InChI=1S/C16H25N5O7/c1-27-16(24)13(9-12-10-17-11-19-12)20-15(23)6-7-18-14(22)5-3-2-4-8-28-21(25)26/h10-11,13H,2-9H2,1H3,(H,17,19)(H,18,22)(H,20,23)/t13-/m0/s1. The number of carbonyl (C=O) groups excluding carboxylic acids is 3. The second-order valence-electron chi connectivity index (χ2n) is 5.88. The molecular formula is C16H25N5O7. The van der Waals surface area contributed by atoms with Crippen LogP contribution in [0.15, 0.2) is 12.5 Å². The summed E-state index contributed by atoms with van der Waals surface area (Å²) in [5.41, 5.74) is 0.604. The van der Waals surface area contributed by atoms with E-state index in [1.54, 1.807) is 6.20 Å². The Morgan fingerprint density at radius 2 is 2.04 bits per heavy atom.